The fourth-order valence-corrected chi connectivity index (χ4v) is 3.54. The van der Waals surface area contributed by atoms with E-state index < -0.39 is 11.7 Å². The number of carbonyl (C=O) groups excluding carboxylic acids is 1. The van der Waals surface area contributed by atoms with Gasteiger partial charge in [-0.25, -0.2) is 9.97 Å². The Kier molecular flexibility index (Phi) is 15.4. The van der Waals surface area contributed by atoms with E-state index in [1.807, 2.05) is 0 Å². The molecule has 0 atom stereocenters. The van der Waals surface area contributed by atoms with E-state index in [0.717, 1.165) is 38.4 Å². The van der Waals surface area contributed by atoms with Crippen LogP contribution in [0.4, 0.5) is 24.7 Å². The molecule has 1 amide bonds. The number of benzene rings is 1. The van der Waals surface area contributed by atoms with Gasteiger partial charge in [-0.3, -0.25) is 4.79 Å². The van der Waals surface area contributed by atoms with Crippen molar-refractivity contribution in [1.82, 2.24) is 15.3 Å². The summed E-state index contributed by atoms with van der Waals surface area (Å²) in [5, 5.41) is 9.56. The quantitative estimate of drug-likeness (QED) is 0.103. The maximum Gasteiger partial charge on any atom is 0.416 e. The molecule has 6 N–H and O–H groups in total. The largest absolute Gasteiger partial charge is 0.659 e. The minimum absolute atomic E-state index is 0. The number of allylic oxidation sites excluding steroid dienone is 2. The van der Waals surface area contributed by atoms with E-state index in [4.69, 9.17) is 27.8 Å². The number of nitrogen functional groups attached to an aromatic ring is 1. The van der Waals surface area contributed by atoms with Crippen molar-refractivity contribution in [3.63, 3.8) is 0 Å². The summed E-state index contributed by atoms with van der Waals surface area (Å²) in [5.74, 6) is 0.337. The first-order valence-electron chi connectivity index (χ1n) is 11.3. The molecular formula is C24H30ClF3N7O2Y-. The van der Waals surface area contributed by atoms with Crippen molar-refractivity contribution in [2.24, 2.45) is 5.73 Å². The minimum Gasteiger partial charge on any atom is -0.659 e. The van der Waals surface area contributed by atoms with E-state index in [-0.39, 0.29) is 50.2 Å². The molecular weight excluding hydrogens is 600 g/mol. The van der Waals surface area contributed by atoms with Crippen LogP contribution in [0, 0.1) is 0 Å². The molecule has 0 saturated carbocycles. The van der Waals surface area contributed by atoms with E-state index in [2.05, 4.69) is 32.5 Å². The van der Waals surface area contributed by atoms with Crippen LogP contribution in [0.5, 0.6) is 0 Å². The first-order chi connectivity index (χ1) is 17.6. The molecule has 0 spiro atoms. The molecule has 1 aliphatic rings. The van der Waals surface area contributed by atoms with Gasteiger partial charge in [0.05, 0.1) is 11.3 Å². The number of morpholine rings is 1. The van der Waals surface area contributed by atoms with E-state index >= 15 is 0 Å². The summed E-state index contributed by atoms with van der Waals surface area (Å²) in [7, 11) is 0. The van der Waals surface area contributed by atoms with E-state index in [1.54, 1.807) is 6.08 Å². The first-order valence-corrected chi connectivity index (χ1v) is 11.7. The first kappa shape index (κ1) is 33.8. The van der Waals surface area contributed by atoms with Gasteiger partial charge in [0.2, 0.25) is 11.7 Å². The molecule has 14 heteroatoms. The fourth-order valence-electron chi connectivity index (χ4n) is 3.35. The van der Waals surface area contributed by atoms with E-state index in [9.17, 15) is 18.0 Å². The third-order valence-corrected chi connectivity index (χ3v) is 5.15. The molecule has 1 aromatic carbocycles. The average Bonchev–Trinajstić information content (AvgIpc) is 2.85. The van der Waals surface area contributed by atoms with E-state index in [1.165, 1.54) is 12.3 Å². The van der Waals surface area contributed by atoms with Gasteiger partial charge in [0.15, 0.2) is 0 Å². The number of aromatic nitrogens is 2. The van der Waals surface area contributed by atoms with Crippen LogP contribution in [0.25, 0.3) is 5.32 Å². The molecule has 1 saturated heterocycles. The number of hydrogen-bond acceptors (Lipinski definition) is 7. The number of amides is 1. The summed E-state index contributed by atoms with van der Waals surface area (Å²) in [4.78, 5) is 19.0. The summed E-state index contributed by atoms with van der Waals surface area (Å²) < 4.78 is 44.2. The van der Waals surface area contributed by atoms with Crippen LogP contribution in [0.2, 0.25) is 5.28 Å². The van der Waals surface area contributed by atoms with Crippen LogP contribution in [0.1, 0.15) is 22.4 Å². The Labute approximate surface area is 249 Å². The molecule has 0 bridgehead atoms. The van der Waals surface area contributed by atoms with Gasteiger partial charge >= 0.3 is 6.18 Å². The minimum atomic E-state index is -4.52. The van der Waals surface area contributed by atoms with Gasteiger partial charge in [-0.05, 0) is 53.2 Å². The Balaban J connectivity index is 0.000000904. The number of halogens is 4. The Bertz CT molecular complexity index is 1070. The predicted octanol–water partition coefficient (Wildman–Crippen LogP) is 3.59. The molecule has 3 rings (SSSR count). The van der Waals surface area contributed by atoms with Gasteiger partial charge in [-0.15, -0.1) is 13.1 Å². The second-order valence-corrected chi connectivity index (χ2v) is 8.22. The maximum atomic E-state index is 13.1. The van der Waals surface area contributed by atoms with Crippen molar-refractivity contribution in [1.29, 1.82) is 0 Å². The number of carbonyl (C=O) groups is 1. The normalized spacial score (nSPS) is 13.2. The molecule has 2 aromatic rings. The van der Waals surface area contributed by atoms with E-state index in [0.29, 0.717) is 54.0 Å². The average molecular weight is 630 g/mol. The smallest absolute Gasteiger partial charge is 0.416 e. The summed E-state index contributed by atoms with van der Waals surface area (Å²) in [6.45, 7) is 7.71. The van der Waals surface area contributed by atoms with Crippen LogP contribution in [0.3, 0.4) is 0 Å². The van der Waals surface area contributed by atoms with Gasteiger partial charge in [0.1, 0.15) is 5.82 Å². The molecule has 1 aliphatic heterocycles. The van der Waals surface area contributed by atoms with Crippen LogP contribution in [-0.2, 0) is 67.8 Å². The molecule has 38 heavy (non-hydrogen) atoms. The zero-order valence-corrected chi connectivity index (χ0v) is 24.3. The number of anilines is 2. The van der Waals surface area contributed by atoms with Crippen molar-refractivity contribution in [2.45, 2.75) is 25.6 Å². The van der Waals surface area contributed by atoms with Gasteiger partial charge in [-0.2, -0.15) is 13.2 Å². The van der Waals surface area contributed by atoms with Crippen LogP contribution in [0.15, 0.2) is 42.6 Å². The Morgan fingerprint density at radius 3 is 2.50 bits per heavy atom. The number of alkyl halides is 3. The Morgan fingerprint density at radius 2 is 1.95 bits per heavy atom. The number of hydrogen-bond donors (Lipinski definition) is 4. The van der Waals surface area contributed by atoms with Gasteiger partial charge in [0.25, 0.3) is 0 Å². The number of nitrogens with one attached hydrogen (secondary N) is 2. The van der Waals surface area contributed by atoms with Crippen molar-refractivity contribution in [2.75, 3.05) is 43.9 Å². The Morgan fingerprint density at radius 1 is 1.24 bits per heavy atom. The molecule has 0 aliphatic carbocycles. The number of nitrogens with zero attached hydrogens (tertiary/aromatic N) is 3. The number of nitrogens with two attached hydrogens (primary N) is 2. The molecule has 1 aromatic heterocycles. The second kappa shape index (κ2) is 17.4. The SMILES string of the molecule is C1COCC[N-]1.C=C(/C=C\N)Cc1c(CCNC=O)nc(Cl)nc1NCc1cc(N)cc(C(F)(F)F)c1.[Y]. The van der Waals surface area contributed by atoms with Crippen molar-refractivity contribution >= 4 is 29.5 Å². The number of ether oxygens (including phenoxy) is 1. The van der Waals surface area contributed by atoms with Gasteiger partial charge < -0.3 is 32.2 Å². The van der Waals surface area contributed by atoms with Crippen molar-refractivity contribution in [3.05, 3.63) is 75.6 Å². The Hall–Kier alpha value is -2.25. The zero-order chi connectivity index (χ0) is 27.3. The topological polar surface area (TPSA) is 142 Å². The predicted molar refractivity (Wildman–Crippen MR) is 138 cm³/mol. The van der Waals surface area contributed by atoms with Gasteiger partial charge in [0, 0.05) is 83.1 Å². The standard InChI is InChI=1S/C20H22ClF3N6O.C4H8NO.Y/c1-12(2-4-25)6-16-17(3-5-27-11-31)29-19(21)30-18(16)28-10-13-7-14(20(22,23)24)9-15(26)8-13;1-3-6-4-2-5-1;/h2,4,7-9,11H,1,3,5-6,10,25-26H2,(H,27,31)(H,28,29,30);1-4H2;/q;-1;/b4-2-;;. The molecule has 1 fully saturated rings. The molecule has 1 radical (unpaired) electrons. The van der Waals surface area contributed by atoms with Crippen LogP contribution >= 0.6 is 11.6 Å². The summed E-state index contributed by atoms with van der Waals surface area (Å²) in [6, 6.07) is 3.32. The monoisotopic (exact) mass is 629 g/mol. The third-order valence-electron chi connectivity index (χ3n) is 4.98. The number of rotatable bonds is 10. The maximum absolute atomic E-state index is 13.1. The van der Waals surface area contributed by atoms with Crippen molar-refractivity contribution in [3.8, 4) is 0 Å². The summed E-state index contributed by atoms with van der Waals surface area (Å²) in [6.07, 6.45) is -0.325. The second-order valence-electron chi connectivity index (χ2n) is 7.88. The zero-order valence-electron chi connectivity index (χ0n) is 20.7. The molecule has 205 valence electrons. The third kappa shape index (κ3) is 12.1. The summed E-state index contributed by atoms with van der Waals surface area (Å²) in [5.41, 5.74) is 12.4. The molecule has 2 heterocycles. The molecule has 9 nitrogen and oxygen atoms in total. The summed E-state index contributed by atoms with van der Waals surface area (Å²) >= 11 is 6.05. The van der Waals surface area contributed by atoms with Gasteiger partial charge in [-0.1, -0.05) is 6.58 Å². The van der Waals surface area contributed by atoms with Crippen LogP contribution in [-0.4, -0.2) is 49.2 Å². The van der Waals surface area contributed by atoms with Crippen molar-refractivity contribution < 1.29 is 55.4 Å². The molecule has 0 unspecified atom stereocenters. The fraction of sp³-hybridized carbons (Fsp3) is 0.375. The van der Waals surface area contributed by atoms with Crippen LogP contribution < -0.4 is 22.1 Å².